The number of hydrogen-bond donors (Lipinski definition) is 0. The van der Waals surface area contributed by atoms with Gasteiger partial charge in [0.15, 0.2) is 6.10 Å². The van der Waals surface area contributed by atoms with Gasteiger partial charge in [-0.1, -0.05) is 18.2 Å². The topological polar surface area (TPSA) is 46.6 Å². The van der Waals surface area contributed by atoms with Crippen molar-refractivity contribution in [3.8, 4) is 0 Å². The summed E-state index contributed by atoms with van der Waals surface area (Å²) in [6.07, 6.45) is 2.40. The maximum Gasteiger partial charge on any atom is 0.349 e. The molecular formula is C19H23NO3S. The van der Waals surface area contributed by atoms with E-state index in [2.05, 4.69) is 13.8 Å². The number of fused-ring (bicyclic) bond motifs is 1. The summed E-state index contributed by atoms with van der Waals surface area (Å²) in [6, 6.07) is 10.1. The molecule has 0 aliphatic carbocycles. The third-order valence-corrected chi connectivity index (χ3v) is 5.80. The monoisotopic (exact) mass is 345 g/mol. The summed E-state index contributed by atoms with van der Waals surface area (Å²) in [5.41, 5.74) is 0. The molecule has 1 aliphatic heterocycles. The highest BCUT2D eigenvalue weighted by Crippen LogP contribution is 2.27. The normalized spacial score (nSPS) is 22.4. The van der Waals surface area contributed by atoms with Crippen LogP contribution in [0.4, 0.5) is 0 Å². The molecule has 24 heavy (non-hydrogen) atoms. The van der Waals surface area contributed by atoms with Gasteiger partial charge in [0.25, 0.3) is 5.91 Å². The number of carbonyl (C=O) groups excluding carboxylic acids is 2. The van der Waals surface area contributed by atoms with Gasteiger partial charge in [-0.3, -0.25) is 4.79 Å². The van der Waals surface area contributed by atoms with Crippen LogP contribution in [0.2, 0.25) is 0 Å². The highest BCUT2D eigenvalue weighted by Gasteiger charge is 2.33. The number of esters is 1. The summed E-state index contributed by atoms with van der Waals surface area (Å²) in [6.45, 7) is 5.80. The van der Waals surface area contributed by atoms with Crippen molar-refractivity contribution >= 4 is 33.3 Å². The summed E-state index contributed by atoms with van der Waals surface area (Å²) in [5, 5.41) is 1.02. The van der Waals surface area contributed by atoms with Crippen molar-refractivity contribution in [3.05, 3.63) is 35.2 Å². The first-order valence-electron chi connectivity index (χ1n) is 8.49. The Morgan fingerprint density at radius 2 is 1.88 bits per heavy atom. The third-order valence-electron chi connectivity index (χ3n) is 4.71. The van der Waals surface area contributed by atoms with E-state index in [1.54, 1.807) is 6.92 Å². The van der Waals surface area contributed by atoms with Gasteiger partial charge in [0, 0.05) is 16.8 Å². The fourth-order valence-electron chi connectivity index (χ4n) is 3.42. The Morgan fingerprint density at radius 3 is 2.54 bits per heavy atom. The van der Waals surface area contributed by atoms with Crippen molar-refractivity contribution in [1.29, 1.82) is 0 Å². The Balaban J connectivity index is 1.70. The molecular weight excluding hydrogens is 322 g/mol. The maximum atomic E-state index is 12.7. The molecule has 1 saturated heterocycles. The zero-order valence-corrected chi connectivity index (χ0v) is 15.1. The second-order valence-electron chi connectivity index (χ2n) is 6.57. The van der Waals surface area contributed by atoms with E-state index in [0.717, 1.165) is 29.3 Å². The Labute approximate surface area is 146 Å². The Bertz CT molecular complexity index is 711. The molecule has 128 valence electrons. The van der Waals surface area contributed by atoms with Crippen LogP contribution in [0, 0.1) is 0 Å². The highest BCUT2D eigenvalue weighted by molar-refractivity contribution is 7.20. The van der Waals surface area contributed by atoms with Gasteiger partial charge < -0.3 is 9.64 Å². The molecule has 3 atom stereocenters. The number of ether oxygens (including phenoxy) is 1. The molecule has 2 heterocycles. The second-order valence-corrected chi connectivity index (χ2v) is 7.65. The number of rotatable bonds is 3. The van der Waals surface area contributed by atoms with Crippen LogP contribution in [0.3, 0.4) is 0 Å². The van der Waals surface area contributed by atoms with Gasteiger partial charge in [-0.05, 0) is 57.6 Å². The number of benzene rings is 1. The lowest BCUT2D eigenvalue weighted by Gasteiger charge is -2.40. The Hall–Kier alpha value is -1.88. The van der Waals surface area contributed by atoms with Crippen LogP contribution in [-0.2, 0) is 9.53 Å². The molecule has 0 spiro atoms. The smallest absolute Gasteiger partial charge is 0.349 e. The van der Waals surface area contributed by atoms with E-state index in [9.17, 15) is 9.59 Å². The lowest BCUT2D eigenvalue weighted by atomic mass is 9.97. The lowest BCUT2D eigenvalue weighted by Crippen LogP contribution is -2.51. The summed E-state index contributed by atoms with van der Waals surface area (Å²) in [5.74, 6) is -0.515. The quantitative estimate of drug-likeness (QED) is 0.782. The molecule has 2 aromatic rings. The number of nitrogens with zero attached hydrogens (tertiary/aromatic N) is 1. The van der Waals surface area contributed by atoms with Gasteiger partial charge in [-0.2, -0.15) is 0 Å². The average Bonchev–Trinajstić information content (AvgIpc) is 2.98. The first-order chi connectivity index (χ1) is 11.5. The van der Waals surface area contributed by atoms with Gasteiger partial charge in [0.2, 0.25) is 0 Å². The molecule has 1 amide bonds. The molecule has 0 N–H and O–H groups in total. The highest BCUT2D eigenvalue weighted by atomic mass is 32.1. The van der Waals surface area contributed by atoms with Crippen LogP contribution in [0.25, 0.3) is 10.1 Å². The van der Waals surface area contributed by atoms with E-state index in [-0.39, 0.29) is 18.0 Å². The van der Waals surface area contributed by atoms with Crippen molar-refractivity contribution in [2.75, 3.05) is 0 Å². The van der Waals surface area contributed by atoms with Gasteiger partial charge >= 0.3 is 5.97 Å². The maximum absolute atomic E-state index is 12.7. The summed E-state index contributed by atoms with van der Waals surface area (Å²) < 4.78 is 6.50. The van der Waals surface area contributed by atoms with E-state index < -0.39 is 12.1 Å². The van der Waals surface area contributed by atoms with E-state index in [4.69, 9.17) is 4.74 Å². The predicted octanol–water partition coefficient (Wildman–Crippen LogP) is 4.24. The van der Waals surface area contributed by atoms with Crippen LogP contribution < -0.4 is 0 Å². The minimum Gasteiger partial charge on any atom is -0.448 e. The van der Waals surface area contributed by atoms with Crippen molar-refractivity contribution < 1.29 is 14.3 Å². The number of piperidine rings is 1. The minimum absolute atomic E-state index is 0.0934. The van der Waals surface area contributed by atoms with E-state index in [1.165, 1.54) is 11.3 Å². The van der Waals surface area contributed by atoms with Crippen molar-refractivity contribution in [1.82, 2.24) is 4.90 Å². The largest absolute Gasteiger partial charge is 0.448 e. The van der Waals surface area contributed by atoms with Crippen LogP contribution >= 0.6 is 11.3 Å². The van der Waals surface area contributed by atoms with Crippen molar-refractivity contribution in [3.63, 3.8) is 0 Å². The summed E-state index contributed by atoms with van der Waals surface area (Å²) >= 11 is 1.40. The zero-order valence-electron chi connectivity index (χ0n) is 14.3. The van der Waals surface area contributed by atoms with Crippen LogP contribution in [0.15, 0.2) is 30.3 Å². The molecule has 0 saturated carbocycles. The Morgan fingerprint density at radius 1 is 1.21 bits per heavy atom. The van der Waals surface area contributed by atoms with Crippen molar-refractivity contribution in [2.45, 2.75) is 58.2 Å². The fraction of sp³-hybridized carbons (Fsp3) is 0.474. The first-order valence-corrected chi connectivity index (χ1v) is 9.30. The standard InChI is InChI=1S/C19H23NO3S/c1-12-7-6-8-13(2)20(12)18(21)14(3)23-19(22)17-11-15-9-4-5-10-16(15)24-17/h4-5,9-14H,6-8H2,1-3H3/t12-,13-,14+/m0/s1. The molecule has 0 bridgehead atoms. The zero-order chi connectivity index (χ0) is 17.3. The number of hydrogen-bond acceptors (Lipinski definition) is 4. The number of likely N-dealkylation sites (tertiary alicyclic amines) is 1. The number of carbonyl (C=O) groups is 2. The molecule has 1 aromatic heterocycles. The lowest BCUT2D eigenvalue weighted by molar-refractivity contribution is -0.146. The number of thiophene rings is 1. The van der Waals surface area contributed by atoms with Gasteiger partial charge in [-0.15, -0.1) is 11.3 Å². The summed E-state index contributed by atoms with van der Waals surface area (Å²) in [7, 11) is 0. The number of amides is 1. The van der Waals surface area contributed by atoms with Crippen LogP contribution in [-0.4, -0.2) is 35.0 Å². The van der Waals surface area contributed by atoms with Gasteiger partial charge in [0.05, 0.1) is 0 Å². The SMILES string of the molecule is C[C@@H](OC(=O)c1cc2ccccc2s1)C(=O)N1[C@@H](C)CCC[C@@H]1C. The molecule has 0 unspecified atom stereocenters. The first kappa shape index (κ1) is 17.0. The van der Waals surface area contributed by atoms with E-state index in [1.807, 2.05) is 35.2 Å². The van der Waals surface area contributed by atoms with Crippen LogP contribution in [0.1, 0.15) is 49.7 Å². The molecule has 4 nitrogen and oxygen atoms in total. The summed E-state index contributed by atoms with van der Waals surface area (Å²) in [4.78, 5) is 27.5. The van der Waals surface area contributed by atoms with Crippen molar-refractivity contribution in [2.24, 2.45) is 0 Å². The minimum atomic E-state index is -0.759. The molecule has 0 radical (unpaired) electrons. The predicted molar refractivity (Wildman–Crippen MR) is 96.3 cm³/mol. The molecule has 5 heteroatoms. The van der Waals surface area contributed by atoms with Crippen LogP contribution in [0.5, 0.6) is 0 Å². The van der Waals surface area contributed by atoms with Gasteiger partial charge in [0.1, 0.15) is 4.88 Å². The van der Waals surface area contributed by atoms with E-state index in [0.29, 0.717) is 4.88 Å². The molecule has 1 aromatic carbocycles. The fourth-order valence-corrected chi connectivity index (χ4v) is 4.36. The molecule has 3 rings (SSSR count). The average molecular weight is 345 g/mol. The van der Waals surface area contributed by atoms with E-state index >= 15 is 0 Å². The second kappa shape index (κ2) is 6.93. The molecule has 1 fully saturated rings. The Kier molecular flexibility index (Phi) is 4.90. The molecule has 1 aliphatic rings. The van der Waals surface area contributed by atoms with Gasteiger partial charge in [-0.25, -0.2) is 4.79 Å². The third kappa shape index (κ3) is 3.31.